The molecule has 2 fully saturated rings. The summed E-state index contributed by atoms with van der Waals surface area (Å²) >= 11 is 0. The lowest BCUT2D eigenvalue weighted by molar-refractivity contribution is 0.0459. The Hall–Kier alpha value is -2.63. The van der Waals surface area contributed by atoms with Gasteiger partial charge in [0, 0.05) is 18.3 Å². The number of nitrogens with zero attached hydrogens (tertiary/aromatic N) is 1. The molecule has 2 atom stereocenters. The summed E-state index contributed by atoms with van der Waals surface area (Å²) in [6, 6.07) is 28.2. The lowest BCUT2D eigenvalue weighted by Crippen LogP contribution is -2.51. The Morgan fingerprint density at radius 1 is 0.939 bits per heavy atom. The van der Waals surface area contributed by atoms with Gasteiger partial charge in [-0.2, -0.15) is 0 Å². The molecule has 33 heavy (non-hydrogen) atoms. The minimum Gasteiger partial charge on any atom is -0.296 e. The molecule has 1 heterocycles. The van der Waals surface area contributed by atoms with E-state index in [4.69, 9.17) is 0 Å². The smallest absolute Gasteiger partial charge is 0.229 e. The third kappa shape index (κ3) is 4.99. The predicted octanol–water partition coefficient (Wildman–Crippen LogP) is 5.81. The minimum atomic E-state index is -3.27. The molecule has 2 unspecified atom stereocenters. The zero-order valence-electron chi connectivity index (χ0n) is 19.2. The van der Waals surface area contributed by atoms with Gasteiger partial charge < -0.3 is 0 Å². The SMILES string of the molecule is CS(=O)(=O)Nc1cccc(C23CCCC(C2)N(Cc2ccc(-c4ccccc4)cc2)CC3)c1. The molecule has 0 spiro atoms. The van der Waals surface area contributed by atoms with E-state index in [1.165, 1.54) is 47.8 Å². The van der Waals surface area contributed by atoms with E-state index >= 15 is 0 Å². The van der Waals surface area contributed by atoms with Gasteiger partial charge in [-0.1, -0.05) is 73.2 Å². The van der Waals surface area contributed by atoms with Crippen LogP contribution < -0.4 is 4.72 Å². The van der Waals surface area contributed by atoms with Crippen molar-refractivity contribution in [1.82, 2.24) is 4.90 Å². The average molecular weight is 461 g/mol. The topological polar surface area (TPSA) is 49.4 Å². The molecule has 1 aliphatic carbocycles. The van der Waals surface area contributed by atoms with Gasteiger partial charge in [0.2, 0.25) is 10.0 Å². The highest BCUT2D eigenvalue weighted by Crippen LogP contribution is 2.47. The normalized spacial score (nSPS) is 23.2. The number of anilines is 1. The molecule has 3 aromatic carbocycles. The number of benzene rings is 3. The summed E-state index contributed by atoms with van der Waals surface area (Å²) < 4.78 is 26.1. The standard InChI is InChI=1S/C28H32N2O2S/c1-33(31,32)29-26-10-5-9-25(19-26)28-16-6-11-27(20-28)30(18-17-28)21-22-12-14-24(15-13-22)23-7-3-2-4-8-23/h2-5,7-10,12-15,19,27,29H,6,11,16-18,20-21H2,1H3. The summed E-state index contributed by atoms with van der Waals surface area (Å²) in [5, 5.41) is 0. The number of hydrogen-bond acceptors (Lipinski definition) is 3. The fourth-order valence-electron chi connectivity index (χ4n) is 5.82. The highest BCUT2D eigenvalue weighted by atomic mass is 32.2. The first-order chi connectivity index (χ1) is 15.9. The van der Waals surface area contributed by atoms with E-state index < -0.39 is 10.0 Å². The van der Waals surface area contributed by atoms with Gasteiger partial charge in [-0.15, -0.1) is 0 Å². The molecule has 172 valence electrons. The number of sulfonamides is 1. The maximum Gasteiger partial charge on any atom is 0.229 e. The number of nitrogens with one attached hydrogen (secondary N) is 1. The third-order valence-electron chi connectivity index (χ3n) is 7.44. The zero-order valence-corrected chi connectivity index (χ0v) is 20.0. The quantitative estimate of drug-likeness (QED) is 0.505. The first kappa shape index (κ1) is 22.2. The average Bonchev–Trinajstić information content (AvgIpc) is 2.81. The van der Waals surface area contributed by atoms with Crippen LogP contribution >= 0.6 is 0 Å². The molecule has 5 rings (SSSR count). The van der Waals surface area contributed by atoms with Crippen LogP contribution in [0.4, 0.5) is 5.69 Å². The van der Waals surface area contributed by atoms with Crippen LogP contribution in [0.5, 0.6) is 0 Å². The summed E-state index contributed by atoms with van der Waals surface area (Å²) in [5.41, 5.74) is 6.00. The second-order valence-corrected chi connectivity index (χ2v) is 11.5. The van der Waals surface area contributed by atoms with Crippen molar-refractivity contribution in [1.29, 1.82) is 0 Å². The summed E-state index contributed by atoms with van der Waals surface area (Å²) in [7, 11) is -3.27. The van der Waals surface area contributed by atoms with Gasteiger partial charge >= 0.3 is 0 Å². The van der Waals surface area contributed by atoms with Crippen molar-refractivity contribution in [3.05, 3.63) is 90.0 Å². The van der Waals surface area contributed by atoms with E-state index in [1.807, 2.05) is 12.1 Å². The molecule has 5 heteroatoms. The second kappa shape index (κ2) is 8.96. The second-order valence-electron chi connectivity index (χ2n) is 9.77. The molecule has 0 amide bonds. The Labute approximate surface area is 197 Å². The highest BCUT2D eigenvalue weighted by molar-refractivity contribution is 7.92. The Morgan fingerprint density at radius 2 is 1.70 bits per heavy atom. The van der Waals surface area contributed by atoms with Gasteiger partial charge in [0.15, 0.2) is 0 Å². The molecular formula is C28H32N2O2S. The number of piperidine rings is 1. The van der Waals surface area contributed by atoms with Gasteiger partial charge in [0.05, 0.1) is 6.26 Å². The highest BCUT2D eigenvalue weighted by Gasteiger charge is 2.43. The van der Waals surface area contributed by atoms with E-state index in [1.54, 1.807) is 0 Å². The molecule has 0 radical (unpaired) electrons. The van der Waals surface area contributed by atoms with Crippen LogP contribution in [0.25, 0.3) is 11.1 Å². The Bertz CT molecular complexity index is 1210. The van der Waals surface area contributed by atoms with Crippen molar-refractivity contribution in [2.75, 3.05) is 17.5 Å². The van der Waals surface area contributed by atoms with Crippen LogP contribution in [0.2, 0.25) is 0 Å². The third-order valence-corrected chi connectivity index (χ3v) is 8.04. The van der Waals surface area contributed by atoms with Gasteiger partial charge in [-0.25, -0.2) is 8.42 Å². The summed E-state index contributed by atoms with van der Waals surface area (Å²) in [4.78, 5) is 2.66. The number of rotatable bonds is 6. The Morgan fingerprint density at radius 3 is 2.45 bits per heavy atom. The van der Waals surface area contributed by atoms with Gasteiger partial charge in [0.1, 0.15) is 0 Å². The van der Waals surface area contributed by atoms with Crippen molar-refractivity contribution < 1.29 is 8.42 Å². The molecule has 3 aromatic rings. The van der Waals surface area contributed by atoms with Crippen LogP contribution in [-0.2, 0) is 22.0 Å². The van der Waals surface area contributed by atoms with Crippen molar-refractivity contribution in [2.24, 2.45) is 0 Å². The van der Waals surface area contributed by atoms with E-state index in [0.717, 1.165) is 25.9 Å². The van der Waals surface area contributed by atoms with Crippen LogP contribution in [-0.4, -0.2) is 32.2 Å². The predicted molar refractivity (Wildman–Crippen MR) is 136 cm³/mol. The Kier molecular flexibility index (Phi) is 6.02. The molecule has 0 aromatic heterocycles. The van der Waals surface area contributed by atoms with Gasteiger partial charge in [-0.05, 0) is 72.0 Å². The van der Waals surface area contributed by atoms with E-state index in [9.17, 15) is 8.42 Å². The first-order valence-corrected chi connectivity index (χ1v) is 13.8. The molecular weight excluding hydrogens is 428 g/mol. The van der Waals surface area contributed by atoms with Crippen LogP contribution in [0.3, 0.4) is 0 Å². The Balaban J connectivity index is 1.30. The molecule has 2 bridgehead atoms. The first-order valence-electron chi connectivity index (χ1n) is 11.9. The maximum absolute atomic E-state index is 11.7. The van der Waals surface area contributed by atoms with E-state index in [0.29, 0.717) is 11.7 Å². The van der Waals surface area contributed by atoms with E-state index in [2.05, 4.69) is 76.4 Å². The molecule has 1 saturated carbocycles. The van der Waals surface area contributed by atoms with Crippen LogP contribution in [0, 0.1) is 0 Å². The van der Waals surface area contributed by atoms with E-state index in [-0.39, 0.29) is 5.41 Å². The molecule has 4 nitrogen and oxygen atoms in total. The van der Waals surface area contributed by atoms with Gasteiger partial charge in [-0.3, -0.25) is 9.62 Å². The molecule has 2 aliphatic rings. The van der Waals surface area contributed by atoms with Crippen LogP contribution in [0.1, 0.15) is 43.2 Å². The summed E-state index contributed by atoms with van der Waals surface area (Å²) in [6.07, 6.45) is 7.12. The minimum absolute atomic E-state index is 0.159. The molecule has 1 saturated heterocycles. The number of fused-ring (bicyclic) bond motifs is 2. The monoisotopic (exact) mass is 460 g/mol. The molecule has 1 N–H and O–H groups in total. The molecule has 1 aliphatic heterocycles. The lowest BCUT2D eigenvalue weighted by atomic mass is 9.63. The summed E-state index contributed by atoms with van der Waals surface area (Å²) in [6.45, 7) is 2.07. The van der Waals surface area contributed by atoms with Gasteiger partial charge in [0.25, 0.3) is 0 Å². The number of hydrogen-bond donors (Lipinski definition) is 1. The lowest BCUT2D eigenvalue weighted by Gasteiger charge is -2.51. The van der Waals surface area contributed by atoms with Crippen molar-refractivity contribution in [3.8, 4) is 11.1 Å². The largest absolute Gasteiger partial charge is 0.296 e. The fraction of sp³-hybridized carbons (Fsp3) is 0.357. The van der Waals surface area contributed by atoms with Crippen molar-refractivity contribution in [3.63, 3.8) is 0 Å². The fourth-order valence-corrected chi connectivity index (χ4v) is 6.37. The summed E-state index contributed by atoms with van der Waals surface area (Å²) in [5.74, 6) is 0. The zero-order chi connectivity index (χ0) is 22.9. The maximum atomic E-state index is 11.7. The van der Waals surface area contributed by atoms with Crippen molar-refractivity contribution >= 4 is 15.7 Å². The number of likely N-dealkylation sites (tertiary alicyclic amines) is 1. The van der Waals surface area contributed by atoms with Crippen LogP contribution in [0.15, 0.2) is 78.9 Å². The van der Waals surface area contributed by atoms with Crippen molar-refractivity contribution in [2.45, 2.75) is 50.1 Å².